The molecule has 1 atom stereocenters. The van der Waals surface area contributed by atoms with Gasteiger partial charge < -0.3 is 5.32 Å². The largest absolute Gasteiger partial charge is 0.314 e. The van der Waals surface area contributed by atoms with Gasteiger partial charge in [-0.1, -0.05) is 19.4 Å². The Hall–Kier alpha value is -0.930. The summed E-state index contributed by atoms with van der Waals surface area (Å²) in [6, 6.07) is 4.93. The summed E-state index contributed by atoms with van der Waals surface area (Å²) >= 11 is 0. The van der Waals surface area contributed by atoms with Gasteiger partial charge in [0.05, 0.1) is 0 Å². The van der Waals surface area contributed by atoms with E-state index in [9.17, 15) is 0 Å². The van der Waals surface area contributed by atoms with Gasteiger partial charge in [0.1, 0.15) is 0 Å². The van der Waals surface area contributed by atoms with E-state index in [1.54, 1.807) is 0 Å². The Morgan fingerprint density at radius 3 is 3.18 bits per heavy atom. The van der Waals surface area contributed by atoms with Crippen molar-refractivity contribution in [2.24, 2.45) is 0 Å². The normalized spacial score (nSPS) is 21.6. The maximum Gasteiger partial charge on any atom is 0.0417 e. The lowest BCUT2D eigenvalue weighted by Gasteiger charge is -2.36. The molecule has 1 aliphatic heterocycles. The van der Waals surface area contributed by atoms with E-state index in [1.165, 1.54) is 24.1 Å². The van der Waals surface area contributed by atoms with Crippen LogP contribution in [0.3, 0.4) is 0 Å². The van der Waals surface area contributed by atoms with E-state index in [0.29, 0.717) is 6.04 Å². The summed E-state index contributed by atoms with van der Waals surface area (Å²) in [5.74, 6) is 0. The van der Waals surface area contributed by atoms with Crippen molar-refractivity contribution < 1.29 is 0 Å². The second-order valence-corrected chi connectivity index (χ2v) is 4.87. The van der Waals surface area contributed by atoms with Crippen LogP contribution in [-0.4, -0.2) is 35.6 Å². The molecule has 0 amide bonds. The number of hydrogen-bond acceptors (Lipinski definition) is 3. The first-order chi connectivity index (χ1) is 8.31. The quantitative estimate of drug-likeness (QED) is 0.861. The average molecular weight is 233 g/mol. The molecular formula is C14H23N3. The SMILES string of the molecule is CCCC1CNCCN1Cc1cccnc1C. The van der Waals surface area contributed by atoms with Gasteiger partial charge in [-0.2, -0.15) is 0 Å². The van der Waals surface area contributed by atoms with Crippen molar-refractivity contribution in [3.63, 3.8) is 0 Å². The Kier molecular flexibility index (Phi) is 4.51. The number of nitrogens with zero attached hydrogens (tertiary/aromatic N) is 2. The lowest BCUT2D eigenvalue weighted by Crippen LogP contribution is -2.50. The summed E-state index contributed by atoms with van der Waals surface area (Å²) in [6.07, 6.45) is 4.42. The first kappa shape index (κ1) is 12.5. The second-order valence-electron chi connectivity index (χ2n) is 4.87. The topological polar surface area (TPSA) is 28.2 Å². The van der Waals surface area contributed by atoms with Crippen LogP contribution >= 0.6 is 0 Å². The van der Waals surface area contributed by atoms with Crippen molar-refractivity contribution >= 4 is 0 Å². The molecule has 94 valence electrons. The molecule has 0 radical (unpaired) electrons. The first-order valence-corrected chi connectivity index (χ1v) is 6.66. The molecule has 1 N–H and O–H groups in total. The highest BCUT2D eigenvalue weighted by atomic mass is 15.2. The maximum absolute atomic E-state index is 4.37. The van der Waals surface area contributed by atoms with E-state index in [4.69, 9.17) is 0 Å². The highest BCUT2D eigenvalue weighted by molar-refractivity contribution is 5.18. The number of pyridine rings is 1. The zero-order valence-corrected chi connectivity index (χ0v) is 10.9. The van der Waals surface area contributed by atoms with Crippen LogP contribution in [0.5, 0.6) is 0 Å². The van der Waals surface area contributed by atoms with Crippen LogP contribution in [-0.2, 0) is 6.54 Å². The molecule has 0 bridgehead atoms. The molecule has 1 aromatic rings. The Labute approximate surface area is 104 Å². The van der Waals surface area contributed by atoms with E-state index in [1.807, 2.05) is 12.3 Å². The Morgan fingerprint density at radius 2 is 2.41 bits per heavy atom. The van der Waals surface area contributed by atoms with Crippen molar-refractivity contribution in [1.82, 2.24) is 15.2 Å². The molecule has 3 nitrogen and oxygen atoms in total. The van der Waals surface area contributed by atoms with Crippen molar-refractivity contribution in [2.75, 3.05) is 19.6 Å². The minimum absolute atomic E-state index is 0.688. The molecule has 2 rings (SSSR count). The number of aromatic nitrogens is 1. The van der Waals surface area contributed by atoms with Crippen molar-refractivity contribution in [2.45, 2.75) is 39.3 Å². The van der Waals surface area contributed by atoms with Crippen molar-refractivity contribution in [3.8, 4) is 0 Å². The molecule has 1 saturated heterocycles. The third kappa shape index (κ3) is 3.27. The van der Waals surface area contributed by atoms with E-state index >= 15 is 0 Å². The first-order valence-electron chi connectivity index (χ1n) is 6.66. The Morgan fingerprint density at radius 1 is 1.53 bits per heavy atom. The van der Waals surface area contributed by atoms with Gasteiger partial charge in [0.25, 0.3) is 0 Å². The van der Waals surface area contributed by atoms with Crippen LogP contribution in [0, 0.1) is 6.92 Å². The predicted octanol–water partition coefficient (Wildman–Crippen LogP) is 1.96. The third-order valence-electron chi connectivity index (χ3n) is 3.58. The highest BCUT2D eigenvalue weighted by Gasteiger charge is 2.21. The molecule has 2 heterocycles. The molecule has 1 fully saturated rings. The molecule has 1 aromatic heterocycles. The molecule has 0 spiro atoms. The number of nitrogens with one attached hydrogen (secondary N) is 1. The van der Waals surface area contributed by atoms with E-state index in [-0.39, 0.29) is 0 Å². The van der Waals surface area contributed by atoms with Crippen molar-refractivity contribution in [3.05, 3.63) is 29.6 Å². The number of rotatable bonds is 4. The lowest BCUT2D eigenvalue weighted by atomic mass is 10.1. The Balaban J connectivity index is 2.03. The smallest absolute Gasteiger partial charge is 0.0417 e. The van der Waals surface area contributed by atoms with Gasteiger partial charge in [-0.3, -0.25) is 9.88 Å². The number of hydrogen-bond donors (Lipinski definition) is 1. The monoisotopic (exact) mass is 233 g/mol. The van der Waals surface area contributed by atoms with Gasteiger partial charge in [-0.05, 0) is 25.0 Å². The van der Waals surface area contributed by atoms with Gasteiger partial charge in [-0.25, -0.2) is 0 Å². The standard InChI is InChI=1S/C14H23N3/c1-3-5-14-10-15-8-9-17(14)11-13-6-4-7-16-12(13)2/h4,6-7,14-15H,3,5,8-11H2,1-2H3. The molecule has 17 heavy (non-hydrogen) atoms. The molecular weight excluding hydrogens is 210 g/mol. The molecule has 0 aromatic carbocycles. The van der Waals surface area contributed by atoms with E-state index in [0.717, 1.165) is 26.2 Å². The average Bonchev–Trinajstić information content (AvgIpc) is 2.35. The van der Waals surface area contributed by atoms with Crippen LogP contribution in [0.15, 0.2) is 18.3 Å². The van der Waals surface area contributed by atoms with E-state index in [2.05, 4.69) is 35.1 Å². The van der Waals surface area contributed by atoms with Gasteiger partial charge in [-0.15, -0.1) is 0 Å². The van der Waals surface area contributed by atoms with Crippen LogP contribution in [0.2, 0.25) is 0 Å². The highest BCUT2D eigenvalue weighted by Crippen LogP contribution is 2.15. The van der Waals surface area contributed by atoms with Crippen LogP contribution < -0.4 is 5.32 Å². The summed E-state index contributed by atoms with van der Waals surface area (Å²) < 4.78 is 0. The minimum Gasteiger partial charge on any atom is -0.314 e. The van der Waals surface area contributed by atoms with Crippen LogP contribution in [0.25, 0.3) is 0 Å². The second kappa shape index (κ2) is 6.12. The lowest BCUT2D eigenvalue weighted by molar-refractivity contribution is 0.144. The van der Waals surface area contributed by atoms with Gasteiger partial charge in [0.15, 0.2) is 0 Å². The molecule has 1 unspecified atom stereocenters. The maximum atomic E-state index is 4.37. The summed E-state index contributed by atoms with van der Waals surface area (Å²) in [5, 5.41) is 3.49. The minimum atomic E-state index is 0.688. The summed E-state index contributed by atoms with van der Waals surface area (Å²) in [5.41, 5.74) is 2.54. The fourth-order valence-electron chi connectivity index (χ4n) is 2.53. The summed E-state index contributed by atoms with van der Waals surface area (Å²) in [4.78, 5) is 6.97. The summed E-state index contributed by atoms with van der Waals surface area (Å²) in [7, 11) is 0. The zero-order valence-electron chi connectivity index (χ0n) is 10.9. The van der Waals surface area contributed by atoms with Gasteiger partial charge in [0, 0.05) is 44.1 Å². The molecule has 1 aliphatic rings. The molecule has 0 saturated carbocycles. The molecule has 0 aliphatic carbocycles. The van der Waals surface area contributed by atoms with Crippen LogP contribution in [0.4, 0.5) is 0 Å². The fraction of sp³-hybridized carbons (Fsp3) is 0.643. The number of piperazine rings is 1. The van der Waals surface area contributed by atoms with Gasteiger partial charge >= 0.3 is 0 Å². The fourth-order valence-corrected chi connectivity index (χ4v) is 2.53. The van der Waals surface area contributed by atoms with Crippen molar-refractivity contribution in [1.29, 1.82) is 0 Å². The van der Waals surface area contributed by atoms with Gasteiger partial charge in [0.2, 0.25) is 0 Å². The zero-order chi connectivity index (χ0) is 12.1. The van der Waals surface area contributed by atoms with Crippen LogP contribution in [0.1, 0.15) is 31.0 Å². The van der Waals surface area contributed by atoms with E-state index < -0.39 is 0 Å². The predicted molar refractivity (Wildman–Crippen MR) is 70.9 cm³/mol. The third-order valence-corrected chi connectivity index (χ3v) is 3.58. The number of aryl methyl sites for hydroxylation is 1. The summed E-state index contributed by atoms with van der Waals surface area (Å²) in [6.45, 7) is 8.81. The molecule has 3 heteroatoms. The Bertz CT molecular complexity index is 349.